The molecule has 0 aromatic heterocycles. The molecule has 19 heavy (non-hydrogen) atoms. The van der Waals surface area contributed by atoms with E-state index >= 15 is 0 Å². The molecule has 0 radical (unpaired) electrons. The maximum atomic E-state index is 12.0. The first-order valence-electron chi connectivity index (χ1n) is 7.24. The summed E-state index contributed by atoms with van der Waals surface area (Å²) in [7, 11) is 0. The monoisotopic (exact) mass is 261 g/mol. The van der Waals surface area contributed by atoms with Crippen molar-refractivity contribution in [1.29, 1.82) is 0 Å². The Hall–Kier alpha value is -1.35. The molecule has 1 aromatic carbocycles. The van der Waals surface area contributed by atoms with Crippen molar-refractivity contribution in [2.45, 2.75) is 44.6 Å². The van der Waals surface area contributed by atoms with Gasteiger partial charge >= 0.3 is 0 Å². The summed E-state index contributed by atoms with van der Waals surface area (Å²) in [5.74, 6) is 0.868. The number of amides is 1. The lowest BCUT2D eigenvalue weighted by Crippen LogP contribution is -2.29. The Morgan fingerprint density at radius 1 is 1.32 bits per heavy atom. The maximum absolute atomic E-state index is 12.0. The quantitative estimate of drug-likeness (QED) is 0.793. The van der Waals surface area contributed by atoms with Gasteiger partial charge in [-0.1, -0.05) is 49.6 Å². The smallest absolute Gasteiger partial charge is 0.220 e. The summed E-state index contributed by atoms with van der Waals surface area (Å²) < 4.78 is 0. The van der Waals surface area contributed by atoms with E-state index < -0.39 is 0 Å². The molecule has 1 unspecified atom stereocenters. The summed E-state index contributed by atoms with van der Waals surface area (Å²) in [5.41, 5.74) is 1.06. The number of aliphatic hydroxyl groups excluding tert-OH is 1. The summed E-state index contributed by atoms with van der Waals surface area (Å²) >= 11 is 0. The molecule has 0 saturated heterocycles. The van der Waals surface area contributed by atoms with Crippen molar-refractivity contribution in [3.05, 3.63) is 35.9 Å². The molecule has 2 N–H and O–H groups in total. The molecule has 1 fully saturated rings. The van der Waals surface area contributed by atoms with Crippen LogP contribution in [0.5, 0.6) is 0 Å². The highest BCUT2D eigenvalue weighted by molar-refractivity contribution is 5.76. The van der Waals surface area contributed by atoms with Gasteiger partial charge in [-0.25, -0.2) is 0 Å². The lowest BCUT2D eigenvalue weighted by atomic mass is 9.82. The Bertz CT molecular complexity index is 387. The summed E-state index contributed by atoms with van der Waals surface area (Å²) in [5, 5.41) is 12.2. The van der Waals surface area contributed by atoms with Crippen LogP contribution in [0.25, 0.3) is 0 Å². The lowest BCUT2D eigenvalue weighted by Gasteiger charge is -2.25. The minimum absolute atomic E-state index is 0.0694. The number of hydrogen-bond acceptors (Lipinski definition) is 2. The lowest BCUT2D eigenvalue weighted by molar-refractivity contribution is -0.122. The summed E-state index contributed by atoms with van der Waals surface area (Å²) in [6, 6.07) is 9.79. The Balaban J connectivity index is 1.83. The van der Waals surface area contributed by atoms with Crippen LogP contribution in [-0.4, -0.2) is 17.6 Å². The minimum atomic E-state index is -0.0694. The molecule has 1 aromatic rings. The van der Waals surface area contributed by atoms with Crippen molar-refractivity contribution < 1.29 is 9.90 Å². The first kappa shape index (κ1) is 14.1. The zero-order valence-corrected chi connectivity index (χ0v) is 11.3. The summed E-state index contributed by atoms with van der Waals surface area (Å²) in [4.78, 5) is 12.0. The average Bonchev–Trinajstić information content (AvgIpc) is 2.37. The van der Waals surface area contributed by atoms with Crippen LogP contribution in [0.2, 0.25) is 0 Å². The number of aliphatic hydroxyl groups is 1. The molecule has 0 aliphatic heterocycles. The van der Waals surface area contributed by atoms with Gasteiger partial charge in [0.2, 0.25) is 5.91 Å². The van der Waals surface area contributed by atoms with Crippen LogP contribution in [0.3, 0.4) is 0 Å². The zero-order chi connectivity index (χ0) is 13.5. The average molecular weight is 261 g/mol. The number of carbonyl (C=O) groups excluding carboxylic acids is 1. The van der Waals surface area contributed by atoms with Gasteiger partial charge < -0.3 is 10.4 Å². The Morgan fingerprint density at radius 2 is 2.05 bits per heavy atom. The van der Waals surface area contributed by atoms with Crippen LogP contribution in [0.1, 0.15) is 50.1 Å². The number of carbonyl (C=O) groups is 1. The molecule has 1 amide bonds. The number of benzene rings is 1. The third-order valence-corrected chi connectivity index (χ3v) is 3.96. The van der Waals surface area contributed by atoms with E-state index in [2.05, 4.69) is 5.32 Å². The molecular weight excluding hydrogens is 238 g/mol. The van der Waals surface area contributed by atoms with Crippen molar-refractivity contribution in [2.24, 2.45) is 5.92 Å². The van der Waals surface area contributed by atoms with Crippen LogP contribution in [0.15, 0.2) is 30.3 Å². The van der Waals surface area contributed by atoms with Crippen LogP contribution in [0.4, 0.5) is 0 Å². The van der Waals surface area contributed by atoms with Crippen molar-refractivity contribution in [1.82, 2.24) is 5.32 Å². The minimum Gasteiger partial charge on any atom is -0.396 e. The molecule has 2 rings (SSSR count). The second kappa shape index (κ2) is 7.29. The standard InChI is InChI=1S/C16H23NO2/c18-12-11-15(14-7-2-1-3-8-14)17-16(19)10-9-13-5-4-6-13/h1-3,7-8,13,15,18H,4-6,9-12H2,(H,17,19). The molecule has 3 nitrogen and oxygen atoms in total. The summed E-state index contributed by atoms with van der Waals surface area (Å²) in [6.45, 7) is 0.0858. The maximum Gasteiger partial charge on any atom is 0.220 e. The molecule has 104 valence electrons. The third-order valence-electron chi connectivity index (χ3n) is 3.96. The molecule has 0 spiro atoms. The van der Waals surface area contributed by atoms with Gasteiger partial charge in [0, 0.05) is 13.0 Å². The first-order chi connectivity index (χ1) is 9.29. The molecule has 1 aliphatic carbocycles. The fourth-order valence-corrected chi connectivity index (χ4v) is 2.52. The van der Waals surface area contributed by atoms with Crippen molar-refractivity contribution in [3.63, 3.8) is 0 Å². The van der Waals surface area contributed by atoms with Crippen LogP contribution >= 0.6 is 0 Å². The highest BCUT2D eigenvalue weighted by Gasteiger charge is 2.19. The fraction of sp³-hybridized carbons (Fsp3) is 0.562. The fourth-order valence-electron chi connectivity index (χ4n) is 2.52. The Labute approximate surface area is 115 Å². The van der Waals surface area contributed by atoms with Gasteiger partial charge in [-0.2, -0.15) is 0 Å². The van der Waals surface area contributed by atoms with Gasteiger partial charge in [0.1, 0.15) is 0 Å². The van der Waals surface area contributed by atoms with Crippen molar-refractivity contribution in [3.8, 4) is 0 Å². The highest BCUT2D eigenvalue weighted by Crippen LogP contribution is 2.30. The predicted octanol–water partition coefficient (Wildman–Crippen LogP) is 2.81. The van der Waals surface area contributed by atoms with E-state index in [0.717, 1.165) is 17.9 Å². The van der Waals surface area contributed by atoms with Gasteiger partial charge in [0.15, 0.2) is 0 Å². The normalized spacial score (nSPS) is 16.7. The zero-order valence-electron chi connectivity index (χ0n) is 11.3. The largest absolute Gasteiger partial charge is 0.396 e. The number of hydrogen-bond donors (Lipinski definition) is 2. The third kappa shape index (κ3) is 4.35. The van der Waals surface area contributed by atoms with Crippen LogP contribution in [-0.2, 0) is 4.79 Å². The molecule has 0 bridgehead atoms. The van der Waals surface area contributed by atoms with E-state index in [1.807, 2.05) is 30.3 Å². The van der Waals surface area contributed by atoms with E-state index in [1.54, 1.807) is 0 Å². The van der Waals surface area contributed by atoms with Crippen LogP contribution in [0, 0.1) is 5.92 Å². The highest BCUT2D eigenvalue weighted by atomic mass is 16.3. The Morgan fingerprint density at radius 3 is 2.63 bits per heavy atom. The number of nitrogens with one attached hydrogen (secondary N) is 1. The Kier molecular flexibility index (Phi) is 5.40. The van der Waals surface area contributed by atoms with E-state index in [-0.39, 0.29) is 18.6 Å². The van der Waals surface area contributed by atoms with E-state index in [4.69, 9.17) is 5.11 Å². The second-order valence-electron chi connectivity index (χ2n) is 5.38. The molecule has 1 aliphatic rings. The van der Waals surface area contributed by atoms with Crippen molar-refractivity contribution in [2.75, 3.05) is 6.61 Å². The van der Waals surface area contributed by atoms with Gasteiger partial charge in [0.05, 0.1) is 6.04 Å². The molecule has 3 heteroatoms. The SMILES string of the molecule is O=C(CCC1CCC1)NC(CCO)c1ccccc1. The van der Waals surface area contributed by atoms with Gasteiger partial charge in [-0.05, 0) is 24.3 Å². The molecular formula is C16H23NO2. The van der Waals surface area contributed by atoms with Crippen molar-refractivity contribution >= 4 is 5.91 Å². The topological polar surface area (TPSA) is 49.3 Å². The van der Waals surface area contributed by atoms with Crippen LogP contribution < -0.4 is 5.32 Å². The predicted molar refractivity (Wildman–Crippen MR) is 75.6 cm³/mol. The molecule has 1 atom stereocenters. The van der Waals surface area contributed by atoms with E-state index in [1.165, 1.54) is 19.3 Å². The second-order valence-corrected chi connectivity index (χ2v) is 5.38. The van der Waals surface area contributed by atoms with Gasteiger partial charge in [-0.15, -0.1) is 0 Å². The summed E-state index contributed by atoms with van der Waals surface area (Å²) in [6.07, 6.45) is 6.08. The van der Waals surface area contributed by atoms with E-state index in [9.17, 15) is 4.79 Å². The van der Waals surface area contributed by atoms with Gasteiger partial charge in [0.25, 0.3) is 0 Å². The van der Waals surface area contributed by atoms with E-state index in [0.29, 0.717) is 12.8 Å². The van der Waals surface area contributed by atoms with Gasteiger partial charge in [-0.3, -0.25) is 4.79 Å². The molecule has 0 heterocycles. The molecule has 1 saturated carbocycles. The number of rotatable bonds is 7. The first-order valence-corrected chi connectivity index (χ1v) is 7.24.